The highest BCUT2D eigenvalue weighted by Crippen LogP contribution is 2.41. The number of rotatable bonds is 5. The van der Waals surface area contributed by atoms with Crippen LogP contribution in [0.1, 0.15) is 32.4 Å². The molecule has 0 saturated heterocycles. The number of benzene rings is 1. The second-order valence-electron chi connectivity index (χ2n) is 8.60. The summed E-state index contributed by atoms with van der Waals surface area (Å²) in [5.74, 6) is 0.219. The molecular weight excluding hydrogens is 493 g/mol. The standard InChI is InChI=1S/C21H25F3N4O6S/c1-20(2,21(22,23)24)34-19(29)25-13-7-8-16-15(12-13)28(10-11-33-16)35(30,31)17-14-6-4-5-9-27(14)26-18(17)32-3/h7-8,12H,4-6,9-11H2,1-3H3,(H,25,29). The molecule has 2 aromatic rings. The Labute approximate surface area is 200 Å². The Kier molecular flexibility index (Phi) is 6.28. The van der Waals surface area contributed by atoms with E-state index in [1.54, 1.807) is 4.68 Å². The van der Waals surface area contributed by atoms with Crippen LogP contribution in [0.2, 0.25) is 0 Å². The van der Waals surface area contributed by atoms with Gasteiger partial charge in [-0.1, -0.05) is 0 Å². The van der Waals surface area contributed by atoms with Gasteiger partial charge in [-0.15, -0.1) is 5.10 Å². The van der Waals surface area contributed by atoms with Gasteiger partial charge < -0.3 is 14.2 Å². The van der Waals surface area contributed by atoms with E-state index in [4.69, 9.17) is 9.47 Å². The third-order valence-corrected chi connectivity index (χ3v) is 7.70. The zero-order valence-corrected chi connectivity index (χ0v) is 20.1. The lowest BCUT2D eigenvalue weighted by Crippen LogP contribution is -2.44. The summed E-state index contributed by atoms with van der Waals surface area (Å²) in [7, 11) is -2.81. The molecule has 0 fully saturated rings. The fraction of sp³-hybridized carbons (Fsp3) is 0.524. The number of alkyl halides is 3. The van der Waals surface area contributed by atoms with E-state index >= 15 is 0 Å². The summed E-state index contributed by atoms with van der Waals surface area (Å²) in [6, 6.07) is 4.10. The molecule has 14 heteroatoms. The van der Waals surface area contributed by atoms with E-state index in [-0.39, 0.29) is 41.1 Å². The minimum atomic E-state index is -4.78. The van der Waals surface area contributed by atoms with Crippen LogP contribution in [0.15, 0.2) is 23.1 Å². The van der Waals surface area contributed by atoms with E-state index in [0.717, 1.165) is 31.0 Å². The van der Waals surface area contributed by atoms with Crippen LogP contribution >= 0.6 is 0 Å². The minimum Gasteiger partial charge on any atom is -0.489 e. The van der Waals surface area contributed by atoms with Crippen molar-refractivity contribution in [2.24, 2.45) is 0 Å². The first-order chi connectivity index (χ1) is 16.3. The topological polar surface area (TPSA) is 112 Å². The summed E-state index contributed by atoms with van der Waals surface area (Å²) in [5.41, 5.74) is -2.03. The number of carbonyl (C=O) groups is 1. The van der Waals surface area contributed by atoms with Crippen LogP contribution < -0.4 is 19.1 Å². The minimum absolute atomic E-state index is 0.0119. The molecule has 192 valence electrons. The second kappa shape index (κ2) is 8.81. The van der Waals surface area contributed by atoms with E-state index < -0.39 is 27.9 Å². The van der Waals surface area contributed by atoms with Gasteiger partial charge in [0.15, 0.2) is 4.90 Å². The molecule has 0 aliphatic carbocycles. The van der Waals surface area contributed by atoms with E-state index in [2.05, 4.69) is 15.2 Å². The maximum Gasteiger partial charge on any atom is 0.427 e. The second-order valence-corrected chi connectivity index (χ2v) is 10.4. The summed E-state index contributed by atoms with van der Waals surface area (Å²) in [6.07, 6.45) is -3.92. The molecule has 0 unspecified atom stereocenters. The molecule has 0 atom stereocenters. The molecule has 2 aliphatic heterocycles. The lowest BCUT2D eigenvalue weighted by Gasteiger charge is -2.31. The smallest absolute Gasteiger partial charge is 0.427 e. The van der Waals surface area contributed by atoms with Gasteiger partial charge in [-0.25, -0.2) is 13.2 Å². The van der Waals surface area contributed by atoms with E-state index in [0.29, 0.717) is 18.7 Å². The lowest BCUT2D eigenvalue weighted by atomic mass is 10.1. The first-order valence-corrected chi connectivity index (χ1v) is 12.3. The molecule has 35 heavy (non-hydrogen) atoms. The molecule has 10 nitrogen and oxygen atoms in total. The number of nitrogens with one attached hydrogen (secondary N) is 1. The first-order valence-electron chi connectivity index (χ1n) is 10.8. The highest BCUT2D eigenvalue weighted by molar-refractivity contribution is 7.93. The van der Waals surface area contributed by atoms with Gasteiger partial charge in [-0.05, 0) is 51.3 Å². The van der Waals surface area contributed by atoms with Gasteiger partial charge in [0.25, 0.3) is 15.9 Å². The van der Waals surface area contributed by atoms with Gasteiger partial charge in [0, 0.05) is 12.2 Å². The van der Waals surface area contributed by atoms with Crippen LogP contribution in [0.4, 0.5) is 29.3 Å². The first kappa shape index (κ1) is 24.9. The fourth-order valence-corrected chi connectivity index (χ4v) is 5.68. The number of halogens is 3. The Balaban J connectivity index is 1.66. The number of aryl methyl sites for hydroxylation is 1. The van der Waals surface area contributed by atoms with Crippen LogP contribution in [0.3, 0.4) is 0 Å². The summed E-state index contributed by atoms with van der Waals surface area (Å²) >= 11 is 0. The number of anilines is 2. The Hall–Kier alpha value is -3.16. The monoisotopic (exact) mass is 518 g/mol. The predicted molar refractivity (Wildman–Crippen MR) is 118 cm³/mol. The summed E-state index contributed by atoms with van der Waals surface area (Å²) in [4.78, 5) is 12.1. The SMILES string of the molecule is COc1nn2c(c1S(=O)(=O)N1CCOc3ccc(NC(=O)OC(C)(C)C(F)(F)F)cc31)CCCC2. The number of nitrogens with zero attached hydrogens (tertiary/aromatic N) is 3. The zero-order valence-electron chi connectivity index (χ0n) is 19.3. The average Bonchev–Trinajstić information content (AvgIpc) is 3.17. The maximum absolute atomic E-state index is 13.8. The largest absolute Gasteiger partial charge is 0.489 e. The van der Waals surface area contributed by atoms with Gasteiger partial charge in [-0.2, -0.15) is 13.2 Å². The van der Waals surface area contributed by atoms with Crippen molar-refractivity contribution in [3.05, 3.63) is 23.9 Å². The molecule has 1 N–H and O–H groups in total. The molecule has 0 spiro atoms. The highest BCUT2D eigenvalue weighted by atomic mass is 32.2. The number of amides is 1. The van der Waals surface area contributed by atoms with Crippen molar-refractivity contribution in [3.8, 4) is 11.6 Å². The number of ether oxygens (including phenoxy) is 3. The summed E-state index contributed by atoms with van der Waals surface area (Å²) < 4.78 is 84.9. The van der Waals surface area contributed by atoms with Crippen LogP contribution in [0.25, 0.3) is 0 Å². The van der Waals surface area contributed by atoms with Gasteiger partial charge in [0.1, 0.15) is 12.4 Å². The van der Waals surface area contributed by atoms with Gasteiger partial charge in [0.05, 0.1) is 25.0 Å². The number of hydrogen-bond acceptors (Lipinski definition) is 7. The Morgan fingerprint density at radius 2 is 1.94 bits per heavy atom. The highest BCUT2D eigenvalue weighted by Gasteiger charge is 2.51. The Morgan fingerprint density at radius 1 is 1.20 bits per heavy atom. The lowest BCUT2D eigenvalue weighted by molar-refractivity contribution is -0.242. The summed E-state index contributed by atoms with van der Waals surface area (Å²) in [5, 5.41) is 6.51. The molecule has 1 aromatic heterocycles. The predicted octanol–water partition coefficient (Wildman–Crippen LogP) is 3.71. The average molecular weight is 519 g/mol. The Morgan fingerprint density at radius 3 is 2.63 bits per heavy atom. The van der Waals surface area contributed by atoms with Crippen molar-refractivity contribution < 1.29 is 40.6 Å². The summed E-state index contributed by atoms with van der Waals surface area (Å²) in [6.45, 7) is 2.07. The van der Waals surface area contributed by atoms with Crippen molar-refractivity contribution in [2.75, 3.05) is 29.9 Å². The third-order valence-electron chi connectivity index (χ3n) is 5.81. The molecule has 4 rings (SSSR count). The molecule has 3 heterocycles. The molecule has 1 amide bonds. The quantitative estimate of drug-likeness (QED) is 0.642. The fourth-order valence-electron chi connectivity index (χ4n) is 3.89. The Bertz CT molecular complexity index is 1240. The number of aromatic nitrogens is 2. The van der Waals surface area contributed by atoms with E-state index in [9.17, 15) is 26.4 Å². The zero-order chi connectivity index (χ0) is 25.6. The van der Waals surface area contributed by atoms with Crippen LogP contribution in [0, 0.1) is 0 Å². The van der Waals surface area contributed by atoms with Crippen molar-refractivity contribution in [1.29, 1.82) is 0 Å². The van der Waals surface area contributed by atoms with Crippen molar-refractivity contribution in [1.82, 2.24) is 9.78 Å². The number of sulfonamides is 1. The molecule has 0 saturated carbocycles. The molecule has 0 bridgehead atoms. The molecule has 0 radical (unpaired) electrons. The van der Waals surface area contributed by atoms with Crippen LogP contribution in [-0.4, -0.2) is 56.3 Å². The number of methoxy groups -OCH3 is 1. The van der Waals surface area contributed by atoms with E-state index in [1.807, 2.05) is 0 Å². The molecule has 1 aromatic carbocycles. The van der Waals surface area contributed by atoms with E-state index in [1.165, 1.54) is 25.3 Å². The number of hydrogen-bond donors (Lipinski definition) is 1. The molecular formula is C21H25F3N4O6S. The third kappa shape index (κ3) is 4.58. The van der Waals surface area contributed by atoms with Crippen LogP contribution in [-0.2, 0) is 27.7 Å². The maximum atomic E-state index is 13.8. The van der Waals surface area contributed by atoms with Crippen LogP contribution in [0.5, 0.6) is 11.6 Å². The number of fused-ring (bicyclic) bond motifs is 2. The molecule has 2 aliphatic rings. The van der Waals surface area contributed by atoms with Crippen molar-refractivity contribution in [3.63, 3.8) is 0 Å². The normalized spacial score (nSPS) is 16.1. The van der Waals surface area contributed by atoms with Crippen molar-refractivity contribution >= 4 is 27.5 Å². The van der Waals surface area contributed by atoms with Crippen molar-refractivity contribution in [2.45, 2.75) is 56.3 Å². The van der Waals surface area contributed by atoms with Gasteiger partial charge in [0.2, 0.25) is 5.60 Å². The number of carbonyl (C=O) groups excluding carboxylic acids is 1. The van der Waals surface area contributed by atoms with Gasteiger partial charge >= 0.3 is 12.3 Å². The van der Waals surface area contributed by atoms with Gasteiger partial charge in [-0.3, -0.25) is 14.3 Å².